The minimum Gasteiger partial charge on any atom is -0.493 e. The second kappa shape index (κ2) is 7.99. The normalized spacial score (nSPS) is 10.5. The highest BCUT2D eigenvalue weighted by molar-refractivity contribution is 5.67. The fraction of sp³-hybridized carbons (Fsp3) is 0.250. The van der Waals surface area contributed by atoms with Gasteiger partial charge < -0.3 is 28.7 Å². The number of hydrogen-bond donors (Lipinski definition) is 1. The van der Waals surface area contributed by atoms with Gasteiger partial charge in [-0.15, -0.1) is 0 Å². The molecule has 0 aliphatic carbocycles. The molecule has 2 aromatic carbocycles. The molecule has 1 aromatic heterocycles. The molecule has 3 rings (SSSR count). The molecule has 8 heteroatoms. The van der Waals surface area contributed by atoms with Gasteiger partial charge in [0.15, 0.2) is 23.0 Å². The van der Waals surface area contributed by atoms with Gasteiger partial charge in [0.05, 0.1) is 46.9 Å². The van der Waals surface area contributed by atoms with Gasteiger partial charge in [-0.2, -0.15) is 0 Å². The molecule has 0 atom stereocenters. The Morgan fingerprint density at radius 3 is 1.89 bits per heavy atom. The molecular weight excluding hydrogens is 364 g/mol. The lowest BCUT2D eigenvalue weighted by atomic mass is 10.1. The lowest BCUT2D eigenvalue weighted by molar-refractivity contribution is 0.324. The zero-order valence-corrected chi connectivity index (χ0v) is 16.4. The SMILES string of the molecule is COc1ccc(-c2c[nH]c(=O)n2-c2cc(OC)c(OC)c(OC)c2)cc1OC. The van der Waals surface area contributed by atoms with Gasteiger partial charge in [-0.3, -0.25) is 4.57 Å². The number of H-pyrrole nitrogens is 1. The topological polar surface area (TPSA) is 83.9 Å². The molecule has 0 aliphatic heterocycles. The summed E-state index contributed by atoms with van der Waals surface area (Å²) in [4.78, 5) is 15.3. The molecular formula is C20H22N2O6. The van der Waals surface area contributed by atoms with Crippen LogP contribution in [-0.4, -0.2) is 45.1 Å². The van der Waals surface area contributed by atoms with Crippen LogP contribution in [0.4, 0.5) is 0 Å². The number of rotatable bonds is 7. The van der Waals surface area contributed by atoms with E-state index in [-0.39, 0.29) is 5.69 Å². The highest BCUT2D eigenvalue weighted by atomic mass is 16.5. The molecule has 0 aliphatic rings. The van der Waals surface area contributed by atoms with Crippen LogP contribution in [0.3, 0.4) is 0 Å². The number of aromatic nitrogens is 2. The summed E-state index contributed by atoms with van der Waals surface area (Å²) in [5, 5.41) is 0. The van der Waals surface area contributed by atoms with Crippen LogP contribution >= 0.6 is 0 Å². The van der Waals surface area contributed by atoms with Crippen molar-refractivity contribution in [1.82, 2.24) is 9.55 Å². The van der Waals surface area contributed by atoms with E-state index in [4.69, 9.17) is 23.7 Å². The van der Waals surface area contributed by atoms with Crippen LogP contribution in [0.15, 0.2) is 41.3 Å². The molecule has 1 heterocycles. The number of benzene rings is 2. The van der Waals surface area contributed by atoms with Crippen molar-refractivity contribution in [2.75, 3.05) is 35.5 Å². The third-order valence-electron chi connectivity index (χ3n) is 4.36. The second-order valence-electron chi connectivity index (χ2n) is 5.77. The van der Waals surface area contributed by atoms with Gasteiger partial charge in [0.1, 0.15) is 0 Å². The van der Waals surface area contributed by atoms with Crippen LogP contribution in [0, 0.1) is 0 Å². The van der Waals surface area contributed by atoms with Crippen molar-refractivity contribution < 1.29 is 23.7 Å². The Bertz CT molecular complexity index is 1010. The molecule has 0 spiro atoms. The predicted molar refractivity (Wildman–Crippen MR) is 105 cm³/mol. The molecule has 0 saturated carbocycles. The summed E-state index contributed by atoms with van der Waals surface area (Å²) in [5.41, 5.74) is 1.66. The molecule has 0 radical (unpaired) electrons. The number of ether oxygens (including phenoxy) is 5. The Balaban J connectivity index is 2.21. The van der Waals surface area contributed by atoms with E-state index in [0.717, 1.165) is 5.56 Å². The average molecular weight is 386 g/mol. The number of aromatic amines is 1. The Morgan fingerprint density at radius 2 is 1.36 bits per heavy atom. The van der Waals surface area contributed by atoms with E-state index in [2.05, 4.69) is 4.98 Å². The third-order valence-corrected chi connectivity index (χ3v) is 4.36. The highest BCUT2D eigenvalue weighted by Gasteiger charge is 2.18. The predicted octanol–water partition coefficient (Wildman–Crippen LogP) is 2.88. The molecule has 1 N–H and O–H groups in total. The van der Waals surface area contributed by atoms with Crippen molar-refractivity contribution in [3.63, 3.8) is 0 Å². The van der Waals surface area contributed by atoms with Crippen LogP contribution < -0.4 is 29.4 Å². The monoisotopic (exact) mass is 386 g/mol. The first-order valence-electron chi connectivity index (χ1n) is 8.41. The van der Waals surface area contributed by atoms with Crippen LogP contribution in [0.25, 0.3) is 16.9 Å². The maximum absolute atomic E-state index is 12.6. The number of methoxy groups -OCH3 is 5. The first kappa shape index (κ1) is 19.2. The van der Waals surface area contributed by atoms with E-state index in [9.17, 15) is 4.79 Å². The van der Waals surface area contributed by atoms with Crippen LogP contribution in [0.2, 0.25) is 0 Å². The van der Waals surface area contributed by atoms with Crippen molar-refractivity contribution >= 4 is 0 Å². The minimum absolute atomic E-state index is 0.306. The number of nitrogens with one attached hydrogen (secondary N) is 1. The van der Waals surface area contributed by atoms with Gasteiger partial charge in [-0.25, -0.2) is 4.79 Å². The molecule has 8 nitrogen and oxygen atoms in total. The van der Waals surface area contributed by atoms with Gasteiger partial charge in [-0.1, -0.05) is 0 Å². The van der Waals surface area contributed by atoms with Gasteiger partial charge >= 0.3 is 5.69 Å². The molecule has 3 aromatic rings. The standard InChI is InChI=1S/C20H22N2O6/c1-24-15-7-6-12(8-16(15)25-2)14-11-21-20(23)22(14)13-9-17(26-3)19(28-5)18(10-13)27-4/h6-11H,1-5H3,(H,21,23). The fourth-order valence-corrected chi connectivity index (χ4v) is 3.03. The quantitative estimate of drug-likeness (QED) is 0.672. The molecule has 0 saturated heterocycles. The Morgan fingerprint density at radius 1 is 0.750 bits per heavy atom. The van der Waals surface area contributed by atoms with Crippen molar-refractivity contribution in [2.24, 2.45) is 0 Å². The summed E-state index contributed by atoms with van der Waals surface area (Å²) >= 11 is 0. The maximum Gasteiger partial charge on any atom is 0.330 e. The van der Waals surface area contributed by atoms with Crippen molar-refractivity contribution in [3.8, 4) is 45.7 Å². The lowest BCUT2D eigenvalue weighted by Gasteiger charge is -2.16. The van der Waals surface area contributed by atoms with E-state index in [1.165, 1.54) is 25.9 Å². The molecule has 28 heavy (non-hydrogen) atoms. The summed E-state index contributed by atoms with van der Waals surface area (Å²) < 4.78 is 28.3. The molecule has 0 bridgehead atoms. The van der Waals surface area contributed by atoms with Crippen LogP contribution in [0.1, 0.15) is 0 Å². The summed E-state index contributed by atoms with van der Waals surface area (Å²) in [7, 11) is 7.70. The Labute approximate surface area is 162 Å². The summed E-state index contributed by atoms with van der Waals surface area (Å²) in [5.74, 6) is 2.50. The van der Waals surface area contributed by atoms with Crippen LogP contribution in [-0.2, 0) is 0 Å². The lowest BCUT2D eigenvalue weighted by Crippen LogP contribution is -2.16. The van der Waals surface area contributed by atoms with Crippen molar-refractivity contribution in [1.29, 1.82) is 0 Å². The van der Waals surface area contributed by atoms with Gasteiger partial charge in [-0.05, 0) is 18.2 Å². The van der Waals surface area contributed by atoms with Crippen LogP contribution in [0.5, 0.6) is 28.7 Å². The second-order valence-corrected chi connectivity index (χ2v) is 5.77. The van der Waals surface area contributed by atoms with Crippen molar-refractivity contribution in [2.45, 2.75) is 0 Å². The zero-order chi connectivity index (χ0) is 20.3. The summed E-state index contributed by atoms with van der Waals surface area (Å²) in [6, 6.07) is 8.85. The van der Waals surface area contributed by atoms with E-state index in [1.807, 2.05) is 6.07 Å². The highest BCUT2D eigenvalue weighted by Crippen LogP contribution is 2.40. The first-order chi connectivity index (χ1) is 13.6. The molecule has 148 valence electrons. The third kappa shape index (κ3) is 3.24. The maximum atomic E-state index is 12.6. The minimum atomic E-state index is -0.306. The molecule has 0 fully saturated rings. The van der Waals surface area contributed by atoms with E-state index >= 15 is 0 Å². The Kier molecular flexibility index (Phi) is 5.49. The first-order valence-corrected chi connectivity index (χ1v) is 8.41. The average Bonchev–Trinajstić information content (AvgIpc) is 3.13. The van der Waals surface area contributed by atoms with Gasteiger partial charge in [0.25, 0.3) is 0 Å². The van der Waals surface area contributed by atoms with Crippen molar-refractivity contribution in [3.05, 3.63) is 47.0 Å². The zero-order valence-electron chi connectivity index (χ0n) is 16.4. The van der Waals surface area contributed by atoms with Gasteiger partial charge in [0.2, 0.25) is 5.75 Å². The van der Waals surface area contributed by atoms with E-state index < -0.39 is 0 Å². The van der Waals surface area contributed by atoms with E-state index in [0.29, 0.717) is 40.1 Å². The number of imidazole rings is 1. The smallest absolute Gasteiger partial charge is 0.330 e. The number of nitrogens with zero attached hydrogens (tertiary/aromatic N) is 1. The fourth-order valence-electron chi connectivity index (χ4n) is 3.03. The summed E-state index contributed by atoms with van der Waals surface area (Å²) in [6.07, 6.45) is 1.63. The molecule has 0 amide bonds. The summed E-state index contributed by atoms with van der Waals surface area (Å²) in [6.45, 7) is 0. The Hall–Kier alpha value is -3.55. The largest absolute Gasteiger partial charge is 0.493 e. The van der Waals surface area contributed by atoms with E-state index in [1.54, 1.807) is 44.7 Å². The molecule has 0 unspecified atom stereocenters. The number of hydrogen-bond acceptors (Lipinski definition) is 6. The van der Waals surface area contributed by atoms with Gasteiger partial charge in [0, 0.05) is 23.9 Å².